The lowest BCUT2D eigenvalue weighted by Gasteiger charge is -2.03. The summed E-state index contributed by atoms with van der Waals surface area (Å²) in [6.45, 7) is 1.54. The monoisotopic (exact) mass is 236 g/mol. The van der Waals surface area contributed by atoms with Crippen LogP contribution in [-0.2, 0) is 0 Å². The van der Waals surface area contributed by atoms with E-state index in [4.69, 9.17) is 5.11 Å². The second kappa shape index (κ2) is 4.20. The van der Waals surface area contributed by atoms with E-state index in [1.54, 1.807) is 6.92 Å². The van der Waals surface area contributed by atoms with Crippen molar-refractivity contribution in [3.63, 3.8) is 0 Å². The molecule has 1 aromatic heterocycles. The molecule has 7 heteroatoms. The molecule has 0 spiro atoms. The van der Waals surface area contributed by atoms with Gasteiger partial charge in [0.15, 0.2) is 5.69 Å². The Morgan fingerprint density at radius 1 is 1.35 bits per heavy atom. The molecule has 0 unspecified atom stereocenters. The van der Waals surface area contributed by atoms with Crippen LogP contribution in [0.5, 0.6) is 0 Å². The summed E-state index contributed by atoms with van der Waals surface area (Å²) in [6, 6.07) is 5.54. The SMILES string of the molecule is Cc1nn(Nc2ccc(F)cc2)nc1C(=O)O. The number of hydrogen-bond acceptors (Lipinski definition) is 4. The number of nitrogens with one attached hydrogen (secondary N) is 1. The predicted molar refractivity (Wildman–Crippen MR) is 57.1 cm³/mol. The van der Waals surface area contributed by atoms with Gasteiger partial charge < -0.3 is 5.11 Å². The van der Waals surface area contributed by atoms with Gasteiger partial charge in [0.2, 0.25) is 0 Å². The van der Waals surface area contributed by atoms with E-state index in [0.717, 1.165) is 4.91 Å². The number of aromatic carboxylic acids is 1. The van der Waals surface area contributed by atoms with Gasteiger partial charge in [0.1, 0.15) is 5.82 Å². The minimum Gasteiger partial charge on any atom is -0.476 e. The number of rotatable bonds is 3. The molecule has 0 fully saturated rings. The summed E-state index contributed by atoms with van der Waals surface area (Å²) in [4.78, 5) is 11.8. The lowest BCUT2D eigenvalue weighted by atomic mass is 10.3. The topological polar surface area (TPSA) is 80.0 Å². The smallest absolute Gasteiger partial charge is 0.358 e. The van der Waals surface area contributed by atoms with Crippen molar-refractivity contribution in [2.24, 2.45) is 0 Å². The van der Waals surface area contributed by atoms with E-state index >= 15 is 0 Å². The van der Waals surface area contributed by atoms with Crippen LogP contribution in [0.3, 0.4) is 0 Å². The molecule has 0 bridgehead atoms. The summed E-state index contributed by atoms with van der Waals surface area (Å²) in [7, 11) is 0. The van der Waals surface area contributed by atoms with Crippen LogP contribution in [-0.4, -0.2) is 26.2 Å². The molecule has 6 nitrogen and oxygen atoms in total. The number of nitrogens with zero attached hydrogens (tertiary/aromatic N) is 3. The number of halogens is 1. The van der Waals surface area contributed by atoms with E-state index in [-0.39, 0.29) is 11.5 Å². The molecular weight excluding hydrogens is 227 g/mol. The molecule has 0 radical (unpaired) electrons. The number of carbonyl (C=O) groups is 1. The summed E-state index contributed by atoms with van der Waals surface area (Å²) in [6.07, 6.45) is 0. The number of carboxylic acids is 1. The van der Waals surface area contributed by atoms with Crippen molar-refractivity contribution in [1.29, 1.82) is 0 Å². The van der Waals surface area contributed by atoms with E-state index in [0.29, 0.717) is 11.4 Å². The Morgan fingerprint density at radius 3 is 2.53 bits per heavy atom. The fraction of sp³-hybridized carbons (Fsp3) is 0.100. The Bertz CT molecular complexity index is 550. The van der Waals surface area contributed by atoms with Crippen LogP contribution in [0.1, 0.15) is 16.2 Å². The van der Waals surface area contributed by atoms with Gasteiger partial charge in [-0.1, -0.05) is 4.91 Å². The van der Waals surface area contributed by atoms with Gasteiger partial charge in [-0.2, -0.15) is 0 Å². The quantitative estimate of drug-likeness (QED) is 0.839. The van der Waals surface area contributed by atoms with Crippen LogP contribution in [0, 0.1) is 12.7 Å². The third kappa shape index (κ3) is 2.39. The number of carboxylic acid groups (broad SMARTS) is 1. The van der Waals surface area contributed by atoms with Crippen LogP contribution in [0.4, 0.5) is 10.1 Å². The minimum absolute atomic E-state index is 0.125. The maximum Gasteiger partial charge on any atom is 0.358 e. The summed E-state index contributed by atoms with van der Waals surface area (Å²) in [5.74, 6) is -1.50. The van der Waals surface area contributed by atoms with Gasteiger partial charge in [0, 0.05) is 0 Å². The first kappa shape index (κ1) is 11.1. The highest BCUT2D eigenvalue weighted by molar-refractivity contribution is 5.86. The Balaban J connectivity index is 2.22. The van der Waals surface area contributed by atoms with Gasteiger partial charge in [-0.05, 0) is 31.2 Å². The lowest BCUT2D eigenvalue weighted by molar-refractivity contribution is 0.0689. The zero-order valence-electron chi connectivity index (χ0n) is 8.88. The highest BCUT2D eigenvalue weighted by atomic mass is 19.1. The molecule has 0 aliphatic heterocycles. The Kier molecular flexibility index (Phi) is 2.73. The average molecular weight is 236 g/mol. The molecular formula is C10H9FN4O2. The predicted octanol–water partition coefficient (Wildman–Crippen LogP) is 1.30. The minimum atomic E-state index is -1.14. The summed E-state index contributed by atoms with van der Waals surface area (Å²) < 4.78 is 12.7. The van der Waals surface area contributed by atoms with E-state index < -0.39 is 5.97 Å². The lowest BCUT2D eigenvalue weighted by Crippen LogP contribution is -2.13. The molecule has 0 aliphatic carbocycles. The van der Waals surface area contributed by atoms with Crippen molar-refractivity contribution in [3.8, 4) is 0 Å². The third-order valence-electron chi connectivity index (χ3n) is 2.06. The first-order valence-corrected chi connectivity index (χ1v) is 4.76. The fourth-order valence-corrected chi connectivity index (χ4v) is 1.27. The van der Waals surface area contributed by atoms with Crippen LogP contribution in [0.2, 0.25) is 0 Å². The Hall–Kier alpha value is -2.44. The molecule has 0 saturated heterocycles. The van der Waals surface area contributed by atoms with Crippen molar-refractivity contribution in [3.05, 3.63) is 41.5 Å². The van der Waals surface area contributed by atoms with Crippen molar-refractivity contribution in [2.75, 3.05) is 5.43 Å². The maximum atomic E-state index is 12.7. The summed E-state index contributed by atoms with van der Waals surface area (Å²) in [5.41, 5.74) is 3.44. The largest absolute Gasteiger partial charge is 0.476 e. The zero-order chi connectivity index (χ0) is 12.4. The second-order valence-corrected chi connectivity index (χ2v) is 3.35. The molecule has 2 aromatic rings. The van der Waals surface area contributed by atoms with Gasteiger partial charge in [0.25, 0.3) is 0 Å². The molecule has 2 N–H and O–H groups in total. The number of aryl methyl sites for hydroxylation is 1. The van der Waals surface area contributed by atoms with Gasteiger partial charge >= 0.3 is 5.97 Å². The van der Waals surface area contributed by atoms with Crippen molar-refractivity contribution >= 4 is 11.7 Å². The van der Waals surface area contributed by atoms with Gasteiger partial charge in [-0.15, -0.1) is 10.2 Å². The molecule has 88 valence electrons. The van der Waals surface area contributed by atoms with Crippen LogP contribution in [0.25, 0.3) is 0 Å². The zero-order valence-corrected chi connectivity index (χ0v) is 8.88. The van der Waals surface area contributed by atoms with Crippen LogP contribution < -0.4 is 5.43 Å². The van der Waals surface area contributed by atoms with E-state index in [9.17, 15) is 9.18 Å². The molecule has 0 aliphatic rings. The van der Waals surface area contributed by atoms with Gasteiger partial charge in [-0.25, -0.2) is 9.18 Å². The third-order valence-corrected chi connectivity index (χ3v) is 2.06. The number of benzene rings is 1. The summed E-state index contributed by atoms with van der Waals surface area (Å²) in [5, 5.41) is 16.4. The highest BCUT2D eigenvalue weighted by Gasteiger charge is 2.13. The standard InChI is InChI=1S/C10H9FN4O2/c1-6-9(10(16)17)14-15(12-6)13-8-4-2-7(11)3-5-8/h2-5,13H,1H3,(H,16,17). The maximum absolute atomic E-state index is 12.7. The number of anilines is 1. The average Bonchev–Trinajstić information content (AvgIpc) is 2.63. The Labute approximate surface area is 95.7 Å². The van der Waals surface area contributed by atoms with E-state index in [1.807, 2.05) is 0 Å². The second-order valence-electron chi connectivity index (χ2n) is 3.35. The molecule has 17 heavy (non-hydrogen) atoms. The molecule has 1 aromatic carbocycles. The van der Waals surface area contributed by atoms with Crippen LogP contribution >= 0.6 is 0 Å². The first-order valence-electron chi connectivity index (χ1n) is 4.76. The molecule has 0 amide bonds. The molecule has 2 rings (SSSR count). The van der Waals surface area contributed by atoms with E-state index in [1.165, 1.54) is 24.3 Å². The number of hydrogen-bond donors (Lipinski definition) is 2. The van der Waals surface area contributed by atoms with Crippen LogP contribution in [0.15, 0.2) is 24.3 Å². The normalized spacial score (nSPS) is 10.2. The highest BCUT2D eigenvalue weighted by Crippen LogP contribution is 2.08. The van der Waals surface area contributed by atoms with Gasteiger partial charge in [0.05, 0.1) is 11.4 Å². The summed E-state index contributed by atoms with van der Waals surface area (Å²) >= 11 is 0. The fourth-order valence-electron chi connectivity index (χ4n) is 1.27. The van der Waals surface area contributed by atoms with Crippen molar-refractivity contribution in [2.45, 2.75) is 6.92 Å². The Morgan fingerprint density at radius 2 is 2.00 bits per heavy atom. The first-order chi connectivity index (χ1) is 8.06. The molecule has 0 saturated carbocycles. The molecule has 1 heterocycles. The number of aromatic nitrogens is 3. The van der Waals surface area contributed by atoms with Crippen molar-refractivity contribution in [1.82, 2.24) is 15.1 Å². The van der Waals surface area contributed by atoms with Crippen molar-refractivity contribution < 1.29 is 14.3 Å². The molecule has 0 atom stereocenters. The van der Waals surface area contributed by atoms with Gasteiger partial charge in [-0.3, -0.25) is 5.43 Å². The van der Waals surface area contributed by atoms with E-state index in [2.05, 4.69) is 15.6 Å².